The van der Waals surface area contributed by atoms with Crippen LogP contribution in [0.3, 0.4) is 0 Å². The van der Waals surface area contributed by atoms with Crippen LogP contribution in [-0.4, -0.2) is 57.5 Å². The fourth-order valence-electron chi connectivity index (χ4n) is 4.26. The number of nitrogens with one attached hydrogen (secondary N) is 1. The van der Waals surface area contributed by atoms with Gasteiger partial charge in [0.05, 0.1) is 6.42 Å². The summed E-state index contributed by atoms with van der Waals surface area (Å²) in [5.41, 5.74) is 4.75. The number of aryl methyl sites for hydroxylation is 1. The number of ether oxygens (including phenoxy) is 1. The van der Waals surface area contributed by atoms with Crippen LogP contribution in [0, 0.1) is 0 Å². The normalized spacial score (nSPS) is 12.1. The standard InChI is InChI=1S/C25H26N4O5/c1-3-29(13-12-23(30)31)24(32)21-14-22(27-28(21)2)26-25(33)34-15-20-18-10-6-4-8-16(18)17-9-5-7-11-19(17)20/h4-11,14,20H,3,12-13,15H2,1-2H3,(H,30,31)(H,26,27,33). The van der Waals surface area contributed by atoms with Crippen molar-refractivity contribution in [3.8, 4) is 11.1 Å². The van der Waals surface area contributed by atoms with E-state index in [-0.39, 0.29) is 42.9 Å². The fraction of sp³-hybridized carbons (Fsp3) is 0.280. The highest BCUT2D eigenvalue weighted by Crippen LogP contribution is 2.44. The molecular formula is C25H26N4O5. The molecule has 2 aromatic carbocycles. The second-order valence-corrected chi connectivity index (χ2v) is 8.02. The number of carbonyl (C=O) groups is 3. The van der Waals surface area contributed by atoms with Crippen molar-refractivity contribution >= 4 is 23.8 Å². The Labute approximate surface area is 196 Å². The molecule has 1 aliphatic carbocycles. The van der Waals surface area contributed by atoms with Crippen LogP contribution in [0.2, 0.25) is 0 Å². The lowest BCUT2D eigenvalue weighted by Gasteiger charge is -2.19. The molecule has 0 spiro atoms. The van der Waals surface area contributed by atoms with E-state index < -0.39 is 12.1 Å². The predicted molar refractivity (Wildman–Crippen MR) is 126 cm³/mol. The Balaban J connectivity index is 1.41. The number of nitrogens with zero attached hydrogens (tertiary/aromatic N) is 3. The van der Waals surface area contributed by atoms with Gasteiger partial charge in [0, 0.05) is 32.1 Å². The summed E-state index contributed by atoms with van der Waals surface area (Å²) in [5, 5.41) is 15.6. The van der Waals surface area contributed by atoms with Crippen LogP contribution in [0.15, 0.2) is 54.6 Å². The molecule has 2 N–H and O–H groups in total. The number of hydrogen-bond acceptors (Lipinski definition) is 5. The largest absolute Gasteiger partial charge is 0.481 e. The minimum Gasteiger partial charge on any atom is -0.481 e. The van der Waals surface area contributed by atoms with Crippen molar-refractivity contribution in [1.82, 2.24) is 14.7 Å². The molecule has 0 radical (unpaired) electrons. The summed E-state index contributed by atoms with van der Waals surface area (Å²) in [5.74, 6) is -1.23. The first-order chi connectivity index (χ1) is 16.4. The van der Waals surface area contributed by atoms with Gasteiger partial charge in [0.25, 0.3) is 5.91 Å². The summed E-state index contributed by atoms with van der Waals surface area (Å²) in [7, 11) is 1.58. The molecule has 176 valence electrons. The molecule has 2 amide bonds. The Morgan fingerprint density at radius 1 is 1.09 bits per heavy atom. The van der Waals surface area contributed by atoms with E-state index in [9.17, 15) is 14.4 Å². The van der Waals surface area contributed by atoms with Crippen molar-refractivity contribution in [3.05, 3.63) is 71.4 Å². The third-order valence-corrected chi connectivity index (χ3v) is 5.94. The van der Waals surface area contributed by atoms with Gasteiger partial charge in [0.1, 0.15) is 12.3 Å². The minimum atomic E-state index is -0.978. The van der Waals surface area contributed by atoms with Gasteiger partial charge in [0.15, 0.2) is 5.82 Å². The lowest BCUT2D eigenvalue weighted by molar-refractivity contribution is -0.137. The van der Waals surface area contributed by atoms with Crippen LogP contribution in [0.4, 0.5) is 10.6 Å². The van der Waals surface area contributed by atoms with Crippen LogP contribution in [0.1, 0.15) is 40.9 Å². The van der Waals surface area contributed by atoms with Crippen LogP contribution in [0.5, 0.6) is 0 Å². The van der Waals surface area contributed by atoms with E-state index >= 15 is 0 Å². The molecule has 0 aliphatic heterocycles. The van der Waals surface area contributed by atoms with Crippen molar-refractivity contribution in [1.29, 1.82) is 0 Å². The van der Waals surface area contributed by atoms with Gasteiger partial charge in [-0.15, -0.1) is 0 Å². The molecule has 3 aromatic rings. The van der Waals surface area contributed by atoms with E-state index in [2.05, 4.69) is 22.5 Å². The number of anilines is 1. The maximum atomic E-state index is 12.8. The van der Waals surface area contributed by atoms with Gasteiger partial charge < -0.3 is 14.7 Å². The van der Waals surface area contributed by atoms with Gasteiger partial charge in [-0.05, 0) is 29.2 Å². The fourth-order valence-corrected chi connectivity index (χ4v) is 4.26. The summed E-state index contributed by atoms with van der Waals surface area (Å²) in [6.07, 6.45) is -0.820. The number of aliphatic carboxylic acids is 1. The zero-order chi connectivity index (χ0) is 24.2. The average molecular weight is 463 g/mol. The number of aromatic nitrogens is 2. The molecule has 0 saturated carbocycles. The van der Waals surface area contributed by atoms with E-state index in [1.807, 2.05) is 36.4 Å². The van der Waals surface area contributed by atoms with Crippen LogP contribution < -0.4 is 5.32 Å². The molecular weight excluding hydrogens is 436 g/mol. The van der Waals surface area contributed by atoms with E-state index in [0.717, 1.165) is 22.3 Å². The van der Waals surface area contributed by atoms with E-state index in [0.29, 0.717) is 6.54 Å². The maximum absolute atomic E-state index is 12.8. The third kappa shape index (κ3) is 4.63. The smallest absolute Gasteiger partial charge is 0.412 e. The predicted octanol–water partition coefficient (Wildman–Crippen LogP) is 3.72. The number of carboxylic acid groups (broad SMARTS) is 1. The molecule has 4 rings (SSSR count). The monoisotopic (exact) mass is 462 g/mol. The molecule has 0 fully saturated rings. The Bertz CT molecular complexity index is 1190. The summed E-state index contributed by atoms with van der Waals surface area (Å²) >= 11 is 0. The number of amides is 2. The molecule has 0 unspecified atom stereocenters. The molecule has 0 bridgehead atoms. The number of benzene rings is 2. The molecule has 0 atom stereocenters. The van der Waals surface area contributed by atoms with E-state index in [1.165, 1.54) is 15.6 Å². The first kappa shape index (κ1) is 23.0. The quantitative estimate of drug-likeness (QED) is 0.527. The minimum absolute atomic E-state index is 0.0635. The number of fused-ring (bicyclic) bond motifs is 3. The molecule has 1 heterocycles. The van der Waals surface area contributed by atoms with Crippen molar-refractivity contribution in [2.45, 2.75) is 19.3 Å². The van der Waals surface area contributed by atoms with Gasteiger partial charge in [0.2, 0.25) is 0 Å². The van der Waals surface area contributed by atoms with Crippen LogP contribution >= 0.6 is 0 Å². The second kappa shape index (κ2) is 9.78. The van der Waals surface area contributed by atoms with Crippen LogP contribution in [-0.2, 0) is 16.6 Å². The Morgan fingerprint density at radius 3 is 2.29 bits per heavy atom. The number of hydrogen-bond donors (Lipinski definition) is 2. The summed E-state index contributed by atoms with van der Waals surface area (Å²) in [4.78, 5) is 37.5. The highest BCUT2D eigenvalue weighted by atomic mass is 16.5. The molecule has 0 saturated heterocycles. The van der Waals surface area contributed by atoms with Gasteiger partial charge in [-0.3, -0.25) is 19.6 Å². The molecule has 34 heavy (non-hydrogen) atoms. The lowest BCUT2D eigenvalue weighted by atomic mass is 9.98. The molecule has 9 nitrogen and oxygen atoms in total. The van der Waals surface area contributed by atoms with E-state index in [4.69, 9.17) is 9.84 Å². The number of rotatable bonds is 8. The van der Waals surface area contributed by atoms with Gasteiger partial charge in [-0.25, -0.2) is 4.79 Å². The topological polar surface area (TPSA) is 114 Å². The first-order valence-electron chi connectivity index (χ1n) is 11.1. The highest BCUT2D eigenvalue weighted by molar-refractivity contribution is 5.94. The summed E-state index contributed by atoms with van der Waals surface area (Å²) in [6.45, 7) is 2.38. The lowest BCUT2D eigenvalue weighted by Crippen LogP contribution is -2.34. The summed E-state index contributed by atoms with van der Waals surface area (Å²) in [6, 6.07) is 17.6. The van der Waals surface area contributed by atoms with Crippen LogP contribution in [0.25, 0.3) is 11.1 Å². The van der Waals surface area contributed by atoms with Gasteiger partial charge in [-0.2, -0.15) is 5.10 Å². The molecule has 1 aromatic heterocycles. The zero-order valence-electron chi connectivity index (χ0n) is 19.0. The highest BCUT2D eigenvalue weighted by Gasteiger charge is 2.29. The van der Waals surface area contributed by atoms with Crippen molar-refractivity contribution < 1.29 is 24.2 Å². The zero-order valence-corrected chi connectivity index (χ0v) is 19.0. The van der Waals surface area contributed by atoms with E-state index in [1.54, 1.807) is 14.0 Å². The Kier molecular flexibility index (Phi) is 6.62. The molecule has 9 heteroatoms. The summed E-state index contributed by atoms with van der Waals surface area (Å²) < 4.78 is 6.88. The van der Waals surface area contributed by atoms with Crippen molar-refractivity contribution in [2.75, 3.05) is 25.0 Å². The van der Waals surface area contributed by atoms with Crippen molar-refractivity contribution in [2.24, 2.45) is 7.05 Å². The van der Waals surface area contributed by atoms with Gasteiger partial charge in [-0.1, -0.05) is 48.5 Å². The van der Waals surface area contributed by atoms with Crippen molar-refractivity contribution in [3.63, 3.8) is 0 Å². The average Bonchev–Trinajstić information content (AvgIpc) is 3.35. The Hall–Kier alpha value is -4.14. The Morgan fingerprint density at radius 2 is 1.71 bits per heavy atom. The number of carbonyl (C=O) groups excluding carboxylic acids is 2. The first-order valence-corrected chi connectivity index (χ1v) is 11.1. The van der Waals surface area contributed by atoms with Gasteiger partial charge >= 0.3 is 12.1 Å². The molecule has 1 aliphatic rings. The maximum Gasteiger partial charge on any atom is 0.412 e. The second-order valence-electron chi connectivity index (χ2n) is 8.02. The third-order valence-electron chi connectivity index (χ3n) is 5.94. The SMILES string of the molecule is CCN(CCC(=O)O)C(=O)c1cc(NC(=O)OCC2c3ccccc3-c3ccccc32)nn1C. The number of carboxylic acids is 1.